The van der Waals surface area contributed by atoms with E-state index in [1.54, 1.807) is 17.3 Å². The van der Waals surface area contributed by atoms with Crippen molar-refractivity contribution in [3.8, 4) is 0 Å². The first kappa shape index (κ1) is 15.7. The summed E-state index contributed by atoms with van der Waals surface area (Å²) in [5.41, 5.74) is 6.79. The van der Waals surface area contributed by atoms with E-state index in [-0.39, 0.29) is 6.09 Å². The van der Waals surface area contributed by atoms with Gasteiger partial charge >= 0.3 is 6.09 Å². The van der Waals surface area contributed by atoms with Crippen LogP contribution in [0.15, 0.2) is 12.4 Å². The van der Waals surface area contributed by atoms with Crippen LogP contribution in [-0.4, -0.2) is 47.8 Å². The second kappa shape index (κ2) is 5.97. The molecule has 0 spiro atoms. The van der Waals surface area contributed by atoms with Gasteiger partial charge < -0.3 is 20.3 Å². The van der Waals surface area contributed by atoms with E-state index in [1.807, 2.05) is 20.8 Å². The summed E-state index contributed by atoms with van der Waals surface area (Å²) in [6, 6.07) is 0. The Labute approximate surface area is 129 Å². The maximum absolute atomic E-state index is 12.0. The van der Waals surface area contributed by atoms with E-state index in [2.05, 4.69) is 9.88 Å². The van der Waals surface area contributed by atoms with Gasteiger partial charge in [-0.1, -0.05) is 11.6 Å². The summed E-state index contributed by atoms with van der Waals surface area (Å²) in [4.78, 5) is 19.7. The minimum Gasteiger partial charge on any atom is -0.444 e. The van der Waals surface area contributed by atoms with Gasteiger partial charge in [0.25, 0.3) is 0 Å². The number of ether oxygens (including phenoxy) is 1. The Hall–Kier alpha value is -1.69. The van der Waals surface area contributed by atoms with Crippen LogP contribution in [0.4, 0.5) is 16.2 Å². The lowest BCUT2D eigenvalue weighted by atomic mass is 10.2. The van der Waals surface area contributed by atoms with Gasteiger partial charge in [0.05, 0.1) is 22.6 Å². The monoisotopic (exact) mass is 312 g/mol. The number of amides is 1. The SMILES string of the molecule is CC(C)(C)OC(=O)N1CCN(c2c(N)cncc2Cl)CC1. The predicted octanol–water partition coefficient (Wildman–Crippen LogP) is 2.37. The number of pyridine rings is 1. The molecule has 0 aliphatic carbocycles. The zero-order valence-electron chi connectivity index (χ0n) is 12.6. The van der Waals surface area contributed by atoms with Gasteiger partial charge in [0.15, 0.2) is 0 Å². The Bertz CT molecular complexity index is 502. The van der Waals surface area contributed by atoms with Crippen molar-refractivity contribution in [2.24, 2.45) is 0 Å². The molecule has 0 atom stereocenters. The Morgan fingerprint density at radius 2 is 1.90 bits per heavy atom. The van der Waals surface area contributed by atoms with E-state index in [0.29, 0.717) is 36.9 Å². The Morgan fingerprint density at radius 3 is 2.43 bits per heavy atom. The summed E-state index contributed by atoms with van der Waals surface area (Å²) in [7, 11) is 0. The molecule has 6 nitrogen and oxygen atoms in total. The zero-order chi connectivity index (χ0) is 15.6. The highest BCUT2D eigenvalue weighted by atomic mass is 35.5. The zero-order valence-corrected chi connectivity index (χ0v) is 13.4. The standard InChI is InChI=1S/C14H21ClN4O2/c1-14(2,3)21-13(20)19-6-4-18(5-7-19)12-10(15)8-17-9-11(12)16/h8-9H,4-7,16H2,1-3H3. The fraction of sp³-hybridized carbons (Fsp3) is 0.571. The molecule has 0 saturated carbocycles. The third kappa shape index (κ3) is 3.91. The summed E-state index contributed by atoms with van der Waals surface area (Å²) in [5.74, 6) is 0. The van der Waals surface area contributed by atoms with Gasteiger partial charge in [-0.25, -0.2) is 4.79 Å². The molecule has 1 amide bonds. The molecular formula is C14H21ClN4O2. The van der Waals surface area contributed by atoms with Crippen molar-refractivity contribution in [3.63, 3.8) is 0 Å². The summed E-state index contributed by atoms with van der Waals surface area (Å²) in [6.45, 7) is 8.05. The second-order valence-corrected chi connectivity index (χ2v) is 6.42. The maximum Gasteiger partial charge on any atom is 0.410 e. The molecule has 1 saturated heterocycles. The van der Waals surface area contributed by atoms with E-state index >= 15 is 0 Å². The first-order valence-electron chi connectivity index (χ1n) is 6.90. The maximum atomic E-state index is 12.0. The van der Waals surface area contributed by atoms with Crippen LogP contribution < -0.4 is 10.6 Å². The smallest absolute Gasteiger partial charge is 0.410 e. The highest BCUT2D eigenvalue weighted by molar-refractivity contribution is 6.33. The van der Waals surface area contributed by atoms with Crippen LogP contribution >= 0.6 is 11.6 Å². The van der Waals surface area contributed by atoms with E-state index in [1.165, 1.54) is 0 Å². The Balaban J connectivity index is 1.99. The molecule has 7 heteroatoms. The van der Waals surface area contributed by atoms with Gasteiger partial charge in [-0.05, 0) is 20.8 Å². The fourth-order valence-electron chi connectivity index (χ4n) is 2.22. The molecule has 0 bridgehead atoms. The summed E-state index contributed by atoms with van der Waals surface area (Å²) >= 11 is 6.16. The summed E-state index contributed by atoms with van der Waals surface area (Å²) < 4.78 is 5.37. The first-order valence-corrected chi connectivity index (χ1v) is 7.27. The number of nitrogens with zero attached hydrogens (tertiary/aromatic N) is 3. The lowest BCUT2D eigenvalue weighted by Gasteiger charge is -2.37. The third-order valence-corrected chi connectivity index (χ3v) is 3.43. The number of hydrogen-bond donors (Lipinski definition) is 1. The number of halogens is 1. The average Bonchev–Trinajstić information content (AvgIpc) is 2.37. The molecule has 0 aromatic carbocycles. The van der Waals surface area contributed by atoms with Crippen LogP contribution in [0.25, 0.3) is 0 Å². The quantitative estimate of drug-likeness (QED) is 0.862. The van der Waals surface area contributed by atoms with Gasteiger partial charge in [-0.15, -0.1) is 0 Å². The molecule has 0 radical (unpaired) electrons. The van der Waals surface area contributed by atoms with Crippen molar-refractivity contribution >= 4 is 29.1 Å². The molecular weight excluding hydrogens is 292 g/mol. The molecule has 116 valence electrons. The number of carbonyl (C=O) groups excluding carboxylic acids is 1. The van der Waals surface area contributed by atoms with E-state index in [9.17, 15) is 4.79 Å². The molecule has 1 fully saturated rings. The second-order valence-electron chi connectivity index (χ2n) is 6.01. The highest BCUT2D eigenvalue weighted by Gasteiger charge is 2.27. The van der Waals surface area contributed by atoms with Gasteiger partial charge in [0, 0.05) is 32.4 Å². The number of aromatic nitrogens is 1. The van der Waals surface area contributed by atoms with Gasteiger partial charge in [-0.2, -0.15) is 0 Å². The third-order valence-electron chi connectivity index (χ3n) is 3.15. The van der Waals surface area contributed by atoms with Crippen molar-refractivity contribution < 1.29 is 9.53 Å². The Kier molecular flexibility index (Phi) is 4.46. The molecule has 1 aliphatic heterocycles. The van der Waals surface area contributed by atoms with Crippen LogP contribution in [-0.2, 0) is 4.74 Å². The normalized spacial score (nSPS) is 16.0. The van der Waals surface area contributed by atoms with Crippen LogP contribution in [0.5, 0.6) is 0 Å². The number of anilines is 2. The number of hydrogen-bond acceptors (Lipinski definition) is 5. The van der Waals surface area contributed by atoms with Gasteiger partial charge in [0.1, 0.15) is 5.60 Å². The molecule has 2 rings (SSSR count). The van der Waals surface area contributed by atoms with Crippen LogP contribution in [0.2, 0.25) is 5.02 Å². The molecule has 2 N–H and O–H groups in total. The lowest BCUT2D eigenvalue weighted by molar-refractivity contribution is 0.0240. The van der Waals surface area contributed by atoms with Crippen molar-refractivity contribution in [1.82, 2.24) is 9.88 Å². The van der Waals surface area contributed by atoms with Crippen LogP contribution in [0, 0.1) is 0 Å². The van der Waals surface area contributed by atoms with Crippen molar-refractivity contribution in [2.45, 2.75) is 26.4 Å². The number of nitrogens with two attached hydrogens (primary N) is 1. The average molecular weight is 313 g/mol. The van der Waals surface area contributed by atoms with E-state index < -0.39 is 5.60 Å². The van der Waals surface area contributed by atoms with Crippen LogP contribution in [0.3, 0.4) is 0 Å². The molecule has 2 heterocycles. The van der Waals surface area contributed by atoms with Crippen molar-refractivity contribution in [2.75, 3.05) is 36.8 Å². The van der Waals surface area contributed by atoms with Crippen LogP contribution in [0.1, 0.15) is 20.8 Å². The molecule has 21 heavy (non-hydrogen) atoms. The molecule has 0 unspecified atom stereocenters. The largest absolute Gasteiger partial charge is 0.444 e. The fourth-order valence-corrected chi connectivity index (χ4v) is 2.50. The number of nitrogen functional groups attached to an aromatic ring is 1. The highest BCUT2D eigenvalue weighted by Crippen LogP contribution is 2.31. The lowest BCUT2D eigenvalue weighted by Crippen LogP contribution is -2.50. The van der Waals surface area contributed by atoms with Gasteiger partial charge in [-0.3, -0.25) is 4.98 Å². The molecule has 1 aromatic rings. The Morgan fingerprint density at radius 1 is 1.29 bits per heavy atom. The van der Waals surface area contributed by atoms with E-state index in [4.69, 9.17) is 22.1 Å². The summed E-state index contributed by atoms with van der Waals surface area (Å²) in [5, 5.41) is 0.528. The number of piperazine rings is 1. The number of rotatable bonds is 1. The predicted molar refractivity (Wildman–Crippen MR) is 83.7 cm³/mol. The molecule has 1 aromatic heterocycles. The summed E-state index contributed by atoms with van der Waals surface area (Å²) in [6.07, 6.45) is 2.88. The van der Waals surface area contributed by atoms with Crippen molar-refractivity contribution in [3.05, 3.63) is 17.4 Å². The minimum atomic E-state index is -0.479. The first-order chi connectivity index (χ1) is 9.78. The topological polar surface area (TPSA) is 71.7 Å². The molecule has 1 aliphatic rings. The van der Waals surface area contributed by atoms with E-state index in [0.717, 1.165) is 5.69 Å². The number of carbonyl (C=O) groups is 1. The van der Waals surface area contributed by atoms with Crippen molar-refractivity contribution in [1.29, 1.82) is 0 Å². The minimum absolute atomic E-state index is 0.282. The van der Waals surface area contributed by atoms with Gasteiger partial charge in [0.2, 0.25) is 0 Å².